The Hall–Kier alpha value is -3.03. The van der Waals surface area contributed by atoms with E-state index in [0.29, 0.717) is 4.90 Å². The van der Waals surface area contributed by atoms with E-state index >= 15 is 0 Å². The Kier molecular flexibility index (Phi) is 6.34. The normalized spacial score (nSPS) is 11.7. The number of nitrogens with zero attached hydrogens (tertiary/aromatic N) is 2. The van der Waals surface area contributed by atoms with Crippen LogP contribution >= 0.6 is 23.1 Å². The van der Waals surface area contributed by atoms with Crippen molar-refractivity contribution in [3.63, 3.8) is 0 Å². The zero-order chi connectivity index (χ0) is 21.9. The van der Waals surface area contributed by atoms with Crippen LogP contribution in [-0.2, 0) is 10.0 Å². The number of amides is 1. The molecule has 4 N–H and O–H groups in total. The number of nitrogens with one attached hydrogen (secondary N) is 1. The number of aromatic nitrogens is 2. The van der Waals surface area contributed by atoms with Gasteiger partial charge in [0.05, 0.1) is 12.8 Å². The van der Waals surface area contributed by atoms with Gasteiger partial charge in [0.25, 0.3) is 10.0 Å². The molecule has 0 spiro atoms. The van der Waals surface area contributed by atoms with E-state index in [9.17, 15) is 18.3 Å². The van der Waals surface area contributed by atoms with Crippen LogP contribution in [0.5, 0.6) is 11.5 Å². The van der Waals surface area contributed by atoms with Crippen LogP contribution in [0.4, 0.5) is 5.69 Å². The van der Waals surface area contributed by atoms with Gasteiger partial charge in [-0.25, -0.2) is 8.42 Å². The first-order valence-electron chi connectivity index (χ1n) is 8.12. The molecular weight excluding hydrogens is 452 g/mol. The number of aromatic hydroxyl groups is 1. The summed E-state index contributed by atoms with van der Waals surface area (Å²) in [5.41, 5.74) is 5.55. The Labute approximate surface area is 179 Å². The highest BCUT2D eigenvalue weighted by Gasteiger charge is 2.22. The zero-order valence-electron chi connectivity index (χ0n) is 15.6. The number of thioether (sulfide) groups is 1. The average molecular weight is 469 g/mol. The van der Waals surface area contributed by atoms with Crippen LogP contribution in [-0.4, -0.2) is 43.0 Å². The number of primary amides is 1. The van der Waals surface area contributed by atoms with E-state index in [0.717, 1.165) is 11.3 Å². The van der Waals surface area contributed by atoms with Crippen molar-refractivity contribution in [1.29, 1.82) is 0 Å². The average Bonchev–Trinajstić information content (AvgIpc) is 3.40. The Morgan fingerprint density at radius 2 is 2.17 bits per heavy atom. The second-order valence-electron chi connectivity index (χ2n) is 5.60. The lowest BCUT2D eigenvalue weighted by molar-refractivity contribution is 0.0966. The Balaban J connectivity index is 2.06. The number of hydrogen-bond donors (Lipinski definition) is 3. The van der Waals surface area contributed by atoms with E-state index in [1.165, 1.54) is 43.2 Å². The predicted octanol–water partition coefficient (Wildman–Crippen LogP) is 2.64. The van der Waals surface area contributed by atoms with Crippen LogP contribution in [0.15, 0.2) is 37.1 Å². The maximum atomic E-state index is 12.7. The summed E-state index contributed by atoms with van der Waals surface area (Å²) in [5, 5.41) is 19.4. The SMILES string of the molecule is COc1cc(NS(=O)(=O)c2cccs2)c(SC)c(C=Cc2nnc(C(N)=O)o2)c1O. The molecule has 0 aliphatic carbocycles. The monoisotopic (exact) mass is 468 g/mol. The third-order valence-electron chi connectivity index (χ3n) is 3.73. The molecule has 0 radical (unpaired) electrons. The number of phenolic OH excluding ortho intramolecular Hbond substituents is 1. The van der Waals surface area contributed by atoms with Gasteiger partial charge in [-0.1, -0.05) is 6.07 Å². The van der Waals surface area contributed by atoms with Crippen molar-refractivity contribution in [3.8, 4) is 11.5 Å². The van der Waals surface area contributed by atoms with Gasteiger partial charge in [-0.3, -0.25) is 9.52 Å². The molecule has 0 aliphatic rings. The number of rotatable bonds is 8. The van der Waals surface area contributed by atoms with Gasteiger partial charge in [0.1, 0.15) is 4.21 Å². The van der Waals surface area contributed by atoms with Crippen molar-refractivity contribution in [2.75, 3.05) is 18.1 Å². The van der Waals surface area contributed by atoms with Gasteiger partial charge in [0.2, 0.25) is 5.89 Å². The number of carbonyl (C=O) groups excluding carboxylic acids is 1. The molecule has 2 aromatic heterocycles. The highest BCUT2D eigenvalue weighted by molar-refractivity contribution is 7.99. The molecule has 1 amide bonds. The second-order valence-corrected chi connectivity index (χ2v) is 9.28. The molecule has 0 bridgehead atoms. The highest BCUT2D eigenvalue weighted by Crippen LogP contribution is 2.43. The molecule has 0 saturated carbocycles. The number of methoxy groups -OCH3 is 1. The lowest BCUT2D eigenvalue weighted by Crippen LogP contribution is -2.12. The summed E-state index contributed by atoms with van der Waals surface area (Å²) >= 11 is 2.28. The summed E-state index contributed by atoms with van der Waals surface area (Å²) in [6, 6.07) is 4.50. The number of ether oxygens (including phenoxy) is 1. The van der Waals surface area contributed by atoms with E-state index < -0.39 is 15.9 Å². The first-order valence-corrected chi connectivity index (χ1v) is 11.7. The maximum absolute atomic E-state index is 12.7. The molecule has 0 unspecified atom stereocenters. The van der Waals surface area contributed by atoms with Crippen molar-refractivity contribution in [2.24, 2.45) is 5.73 Å². The smallest absolute Gasteiger partial charge is 0.306 e. The minimum absolute atomic E-state index is 0.0289. The Bertz CT molecular complexity index is 1200. The number of carbonyl (C=O) groups is 1. The summed E-state index contributed by atoms with van der Waals surface area (Å²) in [4.78, 5) is 11.5. The number of nitrogens with two attached hydrogens (primary N) is 1. The van der Waals surface area contributed by atoms with Crippen LogP contribution in [0.2, 0.25) is 0 Å². The zero-order valence-corrected chi connectivity index (χ0v) is 18.1. The molecule has 2 heterocycles. The van der Waals surface area contributed by atoms with Crippen molar-refractivity contribution in [3.05, 3.63) is 40.9 Å². The summed E-state index contributed by atoms with van der Waals surface area (Å²) < 4.78 is 38.3. The minimum Gasteiger partial charge on any atom is -0.504 e. The van der Waals surface area contributed by atoms with Crippen molar-refractivity contribution >= 4 is 56.9 Å². The third kappa shape index (κ3) is 4.42. The fourth-order valence-corrected chi connectivity index (χ4v) is 5.26. The number of sulfonamides is 1. The summed E-state index contributed by atoms with van der Waals surface area (Å²) in [6.07, 6.45) is 4.51. The molecule has 0 fully saturated rings. The second kappa shape index (κ2) is 8.77. The molecule has 13 heteroatoms. The molecule has 0 saturated heterocycles. The summed E-state index contributed by atoms with van der Waals surface area (Å²) in [6.45, 7) is 0. The standard InChI is InChI=1S/C17H16N4O6S3/c1-26-11-8-10(21-30(24,25)13-4-3-7-29-13)15(28-2)9(14(11)22)5-6-12-19-20-17(27-12)16(18)23/h3-8,21-22H,1-2H3,(H2,18,23). The maximum Gasteiger partial charge on any atom is 0.306 e. The molecule has 3 aromatic rings. The Morgan fingerprint density at radius 1 is 1.40 bits per heavy atom. The number of anilines is 1. The first kappa shape index (κ1) is 21.7. The topological polar surface area (TPSA) is 158 Å². The Morgan fingerprint density at radius 3 is 2.73 bits per heavy atom. The number of benzene rings is 1. The lowest BCUT2D eigenvalue weighted by atomic mass is 10.1. The fraction of sp³-hybridized carbons (Fsp3) is 0.118. The van der Waals surface area contributed by atoms with Crippen molar-refractivity contribution in [2.45, 2.75) is 9.10 Å². The third-order valence-corrected chi connectivity index (χ3v) is 7.34. The van der Waals surface area contributed by atoms with Crippen molar-refractivity contribution in [1.82, 2.24) is 10.2 Å². The molecule has 3 rings (SSSR count). The fourth-order valence-electron chi connectivity index (χ4n) is 2.42. The molecule has 1 aromatic carbocycles. The van der Waals surface area contributed by atoms with Crippen LogP contribution in [0.1, 0.15) is 22.1 Å². The van der Waals surface area contributed by atoms with Crippen LogP contribution in [0, 0.1) is 0 Å². The highest BCUT2D eigenvalue weighted by atomic mass is 32.2. The predicted molar refractivity (Wildman–Crippen MR) is 113 cm³/mol. The van der Waals surface area contributed by atoms with Crippen LogP contribution in [0.25, 0.3) is 12.2 Å². The number of thiophene rings is 1. The quantitative estimate of drug-likeness (QED) is 0.334. The van der Waals surface area contributed by atoms with E-state index in [4.69, 9.17) is 14.9 Å². The van der Waals surface area contributed by atoms with Crippen molar-refractivity contribution < 1.29 is 27.5 Å². The van der Waals surface area contributed by atoms with Gasteiger partial charge in [0, 0.05) is 22.6 Å². The van der Waals surface area contributed by atoms with Gasteiger partial charge >= 0.3 is 11.8 Å². The van der Waals surface area contributed by atoms with Crippen LogP contribution < -0.4 is 15.2 Å². The first-order chi connectivity index (χ1) is 14.3. The lowest BCUT2D eigenvalue weighted by Gasteiger charge is -2.16. The molecule has 158 valence electrons. The van der Waals surface area contributed by atoms with Gasteiger partial charge < -0.3 is 20.0 Å². The molecular formula is C17H16N4O6S3. The van der Waals surface area contributed by atoms with Gasteiger partial charge in [-0.15, -0.1) is 33.3 Å². The largest absolute Gasteiger partial charge is 0.504 e. The van der Waals surface area contributed by atoms with E-state index in [1.54, 1.807) is 17.7 Å². The van der Waals surface area contributed by atoms with E-state index in [2.05, 4.69) is 14.9 Å². The summed E-state index contributed by atoms with van der Waals surface area (Å²) in [7, 11) is -2.49. The molecule has 0 atom stereocenters. The van der Waals surface area contributed by atoms with E-state index in [1.807, 2.05) is 0 Å². The van der Waals surface area contributed by atoms with Gasteiger partial charge in [-0.05, 0) is 23.8 Å². The number of phenols is 1. The van der Waals surface area contributed by atoms with Gasteiger partial charge in [0.15, 0.2) is 11.5 Å². The van der Waals surface area contributed by atoms with Gasteiger partial charge in [-0.2, -0.15) is 0 Å². The summed E-state index contributed by atoms with van der Waals surface area (Å²) in [5.74, 6) is -1.43. The molecule has 0 aliphatic heterocycles. The van der Waals surface area contributed by atoms with E-state index in [-0.39, 0.29) is 38.7 Å². The number of hydrogen-bond acceptors (Lipinski definition) is 10. The minimum atomic E-state index is -3.83. The molecule has 30 heavy (non-hydrogen) atoms. The van der Waals surface area contributed by atoms with Crippen LogP contribution in [0.3, 0.4) is 0 Å². The molecule has 10 nitrogen and oxygen atoms in total.